The summed E-state index contributed by atoms with van der Waals surface area (Å²) >= 11 is 3.37. The molecule has 0 aliphatic heterocycles. The van der Waals surface area contributed by atoms with Crippen molar-refractivity contribution in [2.24, 2.45) is 0 Å². The van der Waals surface area contributed by atoms with Crippen molar-refractivity contribution < 1.29 is 0 Å². The van der Waals surface area contributed by atoms with E-state index >= 15 is 0 Å². The zero-order valence-corrected chi connectivity index (χ0v) is 11.2. The molecule has 1 N–H and O–H groups in total. The molecule has 0 bridgehead atoms. The van der Waals surface area contributed by atoms with E-state index in [1.807, 2.05) is 36.8 Å². The summed E-state index contributed by atoms with van der Waals surface area (Å²) in [7, 11) is 0. The van der Waals surface area contributed by atoms with E-state index in [4.69, 9.17) is 0 Å². The topological polar surface area (TPSA) is 37.8 Å². The summed E-state index contributed by atoms with van der Waals surface area (Å²) in [5.74, 6) is 0. The molecule has 2 rings (SSSR count). The van der Waals surface area contributed by atoms with Gasteiger partial charge in [-0.05, 0) is 52.2 Å². The lowest BCUT2D eigenvalue weighted by Gasteiger charge is -2.06. The van der Waals surface area contributed by atoms with Gasteiger partial charge in [-0.1, -0.05) is 0 Å². The molecule has 0 unspecified atom stereocenters. The van der Waals surface area contributed by atoms with Crippen molar-refractivity contribution in [2.45, 2.75) is 20.0 Å². The lowest BCUT2D eigenvalue weighted by atomic mass is 10.1. The second-order valence-electron chi connectivity index (χ2n) is 3.87. The van der Waals surface area contributed by atoms with Crippen LogP contribution in [0.15, 0.2) is 41.3 Å². The van der Waals surface area contributed by atoms with Crippen LogP contribution in [0.1, 0.15) is 16.8 Å². The third-order valence-corrected chi connectivity index (χ3v) is 3.03. The summed E-state index contributed by atoms with van der Waals surface area (Å²) < 4.78 is 1.00. The Morgan fingerprint density at radius 2 is 2.06 bits per heavy atom. The van der Waals surface area contributed by atoms with Crippen LogP contribution in [0.25, 0.3) is 0 Å². The van der Waals surface area contributed by atoms with Gasteiger partial charge in [-0.3, -0.25) is 9.97 Å². The van der Waals surface area contributed by atoms with Gasteiger partial charge in [0.1, 0.15) is 0 Å². The Morgan fingerprint density at radius 1 is 1.18 bits per heavy atom. The van der Waals surface area contributed by atoms with Crippen molar-refractivity contribution >= 4 is 15.9 Å². The van der Waals surface area contributed by atoms with E-state index in [2.05, 4.69) is 38.1 Å². The Morgan fingerprint density at radius 3 is 2.76 bits per heavy atom. The standard InChI is InChI=1S/C13H14BrN3/c1-10-4-5-15-6-11(10)7-16-9-13-3-2-12(14)8-17-13/h2-6,8,16H,7,9H2,1H3. The average molecular weight is 292 g/mol. The minimum absolute atomic E-state index is 0.765. The Labute approximate surface area is 109 Å². The summed E-state index contributed by atoms with van der Waals surface area (Å²) in [5.41, 5.74) is 3.52. The average Bonchev–Trinajstić information content (AvgIpc) is 2.34. The molecule has 17 heavy (non-hydrogen) atoms. The molecule has 2 heterocycles. The molecule has 0 aliphatic rings. The molecule has 88 valence electrons. The van der Waals surface area contributed by atoms with Crippen LogP contribution >= 0.6 is 15.9 Å². The maximum atomic E-state index is 4.31. The van der Waals surface area contributed by atoms with Gasteiger partial charge in [0.05, 0.1) is 5.69 Å². The lowest BCUT2D eigenvalue weighted by Crippen LogP contribution is -2.14. The van der Waals surface area contributed by atoms with Crippen LogP contribution in [-0.2, 0) is 13.1 Å². The zero-order valence-electron chi connectivity index (χ0n) is 9.65. The number of aryl methyl sites for hydroxylation is 1. The SMILES string of the molecule is Cc1ccncc1CNCc1ccc(Br)cn1. The molecule has 2 aromatic rings. The van der Waals surface area contributed by atoms with Crippen LogP contribution in [0, 0.1) is 6.92 Å². The van der Waals surface area contributed by atoms with Gasteiger partial charge in [0.2, 0.25) is 0 Å². The highest BCUT2D eigenvalue weighted by Gasteiger charge is 1.98. The van der Waals surface area contributed by atoms with E-state index in [0.717, 1.165) is 23.3 Å². The number of nitrogens with one attached hydrogen (secondary N) is 1. The molecule has 2 aromatic heterocycles. The first-order chi connectivity index (χ1) is 8.25. The number of pyridine rings is 2. The molecule has 0 aromatic carbocycles. The lowest BCUT2D eigenvalue weighted by molar-refractivity contribution is 0.675. The zero-order chi connectivity index (χ0) is 12.1. The first-order valence-electron chi connectivity index (χ1n) is 5.46. The Bertz CT molecular complexity index is 482. The monoisotopic (exact) mass is 291 g/mol. The molecular formula is C13H14BrN3. The maximum absolute atomic E-state index is 4.31. The van der Waals surface area contributed by atoms with Crippen LogP contribution in [-0.4, -0.2) is 9.97 Å². The summed E-state index contributed by atoms with van der Waals surface area (Å²) in [5, 5.41) is 3.36. The van der Waals surface area contributed by atoms with Gasteiger partial charge in [-0.15, -0.1) is 0 Å². The largest absolute Gasteiger partial charge is 0.307 e. The third-order valence-electron chi connectivity index (χ3n) is 2.56. The molecule has 0 atom stereocenters. The predicted molar refractivity (Wildman–Crippen MR) is 71.5 cm³/mol. The van der Waals surface area contributed by atoms with Crippen molar-refractivity contribution in [3.8, 4) is 0 Å². The van der Waals surface area contributed by atoms with E-state index in [1.54, 1.807) is 0 Å². The molecular weight excluding hydrogens is 278 g/mol. The molecule has 0 spiro atoms. The highest BCUT2D eigenvalue weighted by atomic mass is 79.9. The van der Waals surface area contributed by atoms with Crippen molar-refractivity contribution in [2.75, 3.05) is 0 Å². The molecule has 0 saturated carbocycles. The third kappa shape index (κ3) is 3.61. The number of aromatic nitrogens is 2. The van der Waals surface area contributed by atoms with Gasteiger partial charge >= 0.3 is 0 Å². The predicted octanol–water partition coefficient (Wildman–Crippen LogP) is 2.84. The molecule has 3 nitrogen and oxygen atoms in total. The van der Waals surface area contributed by atoms with Crippen LogP contribution in [0.3, 0.4) is 0 Å². The van der Waals surface area contributed by atoms with Crippen molar-refractivity contribution in [1.29, 1.82) is 0 Å². The van der Waals surface area contributed by atoms with Gasteiger partial charge in [0.25, 0.3) is 0 Å². The van der Waals surface area contributed by atoms with E-state index < -0.39 is 0 Å². The summed E-state index contributed by atoms with van der Waals surface area (Å²) in [6.45, 7) is 3.68. The number of hydrogen-bond acceptors (Lipinski definition) is 3. The number of nitrogens with zero attached hydrogens (tertiary/aromatic N) is 2. The molecule has 4 heteroatoms. The number of halogens is 1. The Kier molecular flexibility index (Phi) is 4.23. The minimum Gasteiger partial charge on any atom is -0.307 e. The molecule has 0 amide bonds. The van der Waals surface area contributed by atoms with Crippen LogP contribution in [0.5, 0.6) is 0 Å². The summed E-state index contributed by atoms with van der Waals surface area (Å²) in [6, 6.07) is 6.03. The van der Waals surface area contributed by atoms with Gasteiger partial charge in [0, 0.05) is 36.2 Å². The second kappa shape index (κ2) is 5.89. The van der Waals surface area contributed by atoms with Crippen molar-refractivity contribution in [1.82, 2.24) is 15.3 Å². The Hall–Kier alpha value is -1.26. The van der Waals surface area contributed by atoms with E-state index in [9.17, 15) is 0 Å². The normalized spacial score (nSPS) is 10.5. The van der Waals surface area contributed by atoms with Crippen molar-refractivity contribution in [3.05, 3.63) is 58.1 Å². The van der Waals surface area contributed by atoms with Gasteiger partial charge in [0.15, 0.2) is 0 Å². The maximum Gasteiger partial charge on any atom is 0.0542 e. The first-order valence-corrected chi connectivity index (χ1v) is 6.25. The highest BCUT2D eigenvalue weighted by Crippen LogP contribution is 2.08. The molecule has 0 saturated heterocycles. The molecule has 0 fully saturated rings. The summed E-state index contributed by atoms with van der Waals surface area (Å²) in [4.78, 5) is 8.43. The van der Waals surface area contributed by atoms with Gasteiger partial charge < -0.3 is 5.32 Å². The van der Waals surface area contributed by atoms with Crippen LogP contribution in [0.2, 0.25) is 0 Å². The fourth-order valence-electron chi connectivity index (χ4n) is 1.52. The van der Waals surface area contributed by atoms with Crippen molar-refractivity contribution in [3.63, 3.8) is 0 Å². The fraction of sp³-hybridized carbons (Fsp3) is 0.231. The van der Waals surface area contributed by atoms with Gasteiger partial charge in [-0.2, -0.15) is 0 Å². The Balaban J connectivity index is 1.88. The first kappa shape index (κ1) is 12.2. The minimum atomic E-state index is 0.765. The highest BCUT2D eigenvalue weighted by molar-refractivity contribution is 9.10. The van der Waals surface area contributed by atoms with E-state index in [1.165, 1.54) is 11.1 Å². The number of rotatable bonds is 4. The number of hydrogen-bond donors (Lipinski definition) is 1. The fourth-order valence-corrected chi connectivity index (χ4v) is 1.75. The second-order valence-corrected chi connectivity index (χ2v) is 4.79. The van der Waals surface area contributed by atoms with E-state index in [0.29, 0.717) is 0 Å². The molecule has 0 radical (unpaired) electrons. The van der Waals surface area contributed by atoms with E-state index in [-0.39, 0.29) is 0 Å². The van der Waals surface area contributed by atoms with Crippen LogP contribution < -0.4 is 5.32 Å². The smallest absolute Gasteiger partial charge is 0.0542 e. The summed E-state index contributed by atoms with van der Waals surface area (Å²) in [6.07, 6.45) is 5.53. The van der Waals surface area contributed by atoms with Crippen LogP contribution in [0.4, 0.5) is 0 Å². The molecule has 0 aliphatic carbocycles. The quantitative estimate of drug-likeness (QED) is 0.941. The van der Waals surface area contributed by atoms with Gasteiger partial charge in [-0.25, -0.2) is 0 Å².